The number of carbonyl (C=O) groups excluding carboxylic acids is 1. The lowest BCUT2D eigenvalue weighted by molar-refractivity contribution is -0.139. The molecule has 1 aromatic carbocycles. The van der Waals surface area contributed by atoms with E-state index in [1.807, 2.05) is 0 Å². The maximum absolute atomic E-state index is 15.2. The number of alkyl halides is 1. The van der Waals surface area contributed by atoms with Crippen LogP contribution in [0.1, 0.15) is 30.4 Å². The van der Waals surface area contributed by atoms with Crippen molar-refractivity contribution in [3.8, 4) is 0 Å². The predicted molar refractivity (Wildman–Crippen MR) is 78.7 cm³/mol. The molecule has 0 saturated carbocycles. The molecule has 2 saturated heterocycles. The number of nitrogens with zero attached hydrogens (tertiary/aromatic N) is 1. The lowest BCUT2D eigenvalue weighted by Gasteiger charge is -2.27. The summed E-state index contributed by atoms with van der Waals surface area (Å²) in [6, 6.07) is 4.29. The number of amides is 1. The summed E-state index contributed by atoms with van der Waals surface area (Å²) in [6.07, 6.45) is 1.89. The topological polar surface area (TPSA) is 29.5 Å². The zero-order chi connectivity index (χ0) is 15.7. The molecule has 22 heavy (non-hydrogen) atoms. The Labute approximate surface area is 129 Å². The average Bonchev–Trinajstić information content (AvgIpc) is 2.90. The van der Waals surface area contributed by atoms with Gasteiger partial charge in [-0.25, -0.2) is 8.78 Å². The highest BCUT2D eigenvalue weighted by molar-refractivity contribution is 5.79. The molecule has 0 aliphatic carbocycles. The number of aryl methyl sites for hydroxylation is 1. The molecular formula is C17H21F2NO2. The Kier molecular flexibility index (Phi) is 4.17. The van der Waals surface area contributed by atoms with E-state index in [9.17, 15) is 9.18 Å². The normalized spacial score (nSPS) is 28.9. The molecule has 0 aromatic heterocycles. The maximum Gasteiger partial charge on any atom is 0.228 e. The summed E-state index contributed by atoms with van der Waals surface area (Å²) >= 11 is 0. The highest BCUT2D eigenvalue weighted by Gasteiger charge is 2.43. The second kappa shape index (κ2) is 5.95. The molecule has 2 heterocycles. The molecule has 0 radical (unpaired) electrons. The van der Waals surface area contributed by atoms with E-state index in [2.05, 4.69) is 0 Å². The van der Waals surface area contributed by atoms with Crippen LogP contribution in [-0.4, -0.2) is 37.1 Å². The molecule has 0 spiro atoms. The maximum atomic E-state index is 15.2. The summed E-state index contributed by atoms with van der Waals surface area (Å²) < 4.78 is 34.1. The van der Waals surface area contributed by atoms with Crippen molar-refractivity contribution < 1.29 is 18.3 Å². The van der Waals surface area contributed by atoms with E-state index in [-0.39, 0.29) is 24.8 Å². The number of halogens is 2. The fraction of sp³-hybridized carbons (Fsp3) is 0.588. The summed E-state index contributed by atoms with van der Waals surface area (Å²) in [4.78, 5) is 14.0. The van der Waals surface area contributed by atoms with Crippen molar-refractivity contribution >= 4 is 5.91 Å². The van der Waals surface area contributed by atoms with Gasteiger partial charge in [0.15, 0.2) is 5.67 Å². The van der Waals surface area contributed by atoms with Crippen LogP contribution in [0, 0.1) is 18.7 Å². The molecule has 2 atom stereocenters. The quantitative estimate of drug-likeness (QED) is 0.840. The molecule has 2 aliphatic heterocycles. The molecule has 2 fully saturated rings. The van der Waals surface area contributed by atoms with E-state index in [0.29, 0.717) is 30.9 Å². The van der Waals surface area contributed by atoms with Crippen LogP contribution in [0.5, 0.6) is 0 Å². The molecule has 1 amide bonds. The minimum Gasteiger partial charge on any atom is -0.381 e. The number of ether oxygens (including phenoxy) is 1. The third-order valence-electron chi connectivity index (χ3n) is 4.60. The van der Waals surface area contributed by atoms with Crippen LogP contribution in [0.15, 0.2) is 18.2 Å². The van der Waals surface area contributed by atoms with Gasteiger partial charge in [-0.2, -0.15) is 0 Å². The van der Waals surface area contributed by atoms with Crippen molar-refractivity contribution in [1.82, 2.24) is 4.90 Å². The van der Waals surface area contributed by atoms with Crippen molar-refractivity contribution in [1.29, 1.82) is 0 Å². The predicted octanol–water partition coefficient (Wildman–Crippen LogP) is 2.96. The zero-order valence-corrected chi connectivity index (χ0v) is 12.8. The second-order valence-electron chi connectivity index (χ2n) is 6.41. The highest BCUT2D eigenvalue weighted by atomic mass is 19.1. The van der Waals surface area contributed by atoms with Crippen LogP contribution >= 0.6 is 0 Å². The molecule has 2 aliphatic rings. The fourth-order valence-electron chi connectivity index (χ4n) is 3.39. The van der Waals surface area contributed by atoms with E-state index in [4.69, 9.17) is 4.74 Å². The fourth-order valence-corrected chi connectivity index (χ4v) is 3.39. The molecule has 1 aromatic rings. The SMILES string of the molecule is Cc1cc(F)cc([C@@]2(F)CCN(C(=O)[C@@H]3CCCOC3)C2)c1. The van der Waals surface area contributed by atoms with Crippen molar-refractivity contribution in [2.24, 2.45) is 5.92 Å². The largest absolute Gasteiger partial charge is 0.381 e. The lowest BCUT2D eigenvalue weighted by Crippen LogP contribution is -2.39. The van der Waals surface area contributed by atoms with Gasteiger partial charge in [0.25, 0.3) is 0 Å². The Hall–Kier alpha value is -1.49. The number of benzene rings is 1. The molecule has 0 bridgehead atoms. The molecule has 120 valence electrons. The highest BCUT2D eigenvalue weighted by Crippen LogP contribution is 2.37. The van der Waals surface area contributed by atoms with Gasteiger partial charge < -0.3 is 9.64 Å². The van der Waals surface area contributed by atoms with Crippen LogP contribution in [0.2, 0.25) is 0 Å². The first-order valence-corrected chi connectivity index (χ1v) is 7.81. The lowest BCUT2D eigenvalue weighted by atomic mass is 9.93. The van der Waals surface area contributed by atoms with Crippen LogP contribution in [0.3, 0.4) is 0 Å². The molecule has 0 N–H and O–H groups in total. The van der Waals surface area contributed by atoms with Gasteiger partial charge in [0.1, 0.15) is 5.82 Å². The van der Waals surface area contributed by atoms with Gasteiger partial charge in [0.2, 0.25) is 5.91 Å². The Morgan fingerprint density at radius 1 is 1.41 bits per heavy atom. The molecule has 3 nitrogen and oxygen atoms in total. The van der Waals surface area contributed by atoms with Gasteiger partial charge in [0.05, 0.1) is 19.1 Å². The Morgan fingerprint density at radius 2 is 2.23 bits per heavy atom. The van der Waals surface area contributed by atoms with Crippen molar-refractivity contribution in [3.05, 3.63) is 35.1 Å². The Morgan fingerprint density at radius 3 is 2.91 bits per heavy atom. The first-order chi connectivity index (χ1) is 10.5. The summed E-state index contributed by atoms with van der Waals surface area (Å²) in [6.45, 7) is 3.24. The van der Waals surface area contributed by atoms with Crippen molar-refractivity contribution in [2.75, 3.05) is 26.3 Å². The standard InChI is InChI=1S/C17H21F2NO2/c1-12-7-14(9-15(18)8-12)17(19)4-5-20(11-17)16(21)13-3-2-6-22-10-13/h7-9,13H,2-6,10-11H2,1H3/t13-,17-/m1/s1. The molecule has 0 unspecified atom stereocenters. The van der Waals surface area contributed by atoms with Crippen LogP contribution in [-0.2, 0) is 15.2 Å². The minimum atomic E-state index is -1.65. The van der Waals surface area contributed by atoms with Gasteiger partial charge in [-0.1, -0.05) is 6.07 Å². The summed E-state index contributed by atoms with van der Waals surface area (Å²) in [5.41, 5.74) is -0.629. The third-order valence-corrected chi connectivity index (χ3v) is 4.60. The van der Waals surface area contributed by atoms with E-state index < -0.39 is 11.5 Å². The van der Waals surface area contributed by atoms with Crippen LogP contribution in [0.4, 0.5) is 8.78 Å². The van der Waals surface area contributed by atoms with E-state index in [0.717, 1.165) is 12.8 Å². The zero-order valence-electron chi connectivity index (χ0n) is 12.8. The second-order valence-corrected chi connectivity index (χ2v) is 6.41. The van der Waals surface area contributed by atoms with E-state index >= 15 is 4.39 Å². The number of likely N-dealkylation sites (tertiary alicyclic amines) is 1. The Bertz CT molecular complexity index is 552. The molecule has 5 heteroatoms. The molecular weight excluding hydrogens is 288 g/mol. The van der Waals surface area contributed by atoms with Crippen LogP contribution in [0.25, 0.3) is 0 Å². The third kappa shape index (κ3) is 3.00. The first kappa shape index (κ1) is 15.4. The number of rotatable bonds is 2. The smallest absolute Gasteiger partial charge is 0.228 e. The minimum absolute atomic E-state index is 0.00519. The summed E-state index contributed by atoms with van der Waals surface area (Å²) in [5.74, 6) is -0.629. The Balaban J connectivity index is 1.73. The van der Waals surface area contributed by atoms with Gasteiger partial charge in [-0.3, -0.25) is 4.79 Å². The average molecular weight is 309 g/mol. The monoisotopic (exact) mass is 309 g/mol. The number of carbonyl (C=O) groups is 1. The van der Waals surface area contributed by atoms with Gasteiger partial charge in [-0.15, -0.1) is 0 Å². The number of hydrogen-bond acceptors (Lipinski definition) is 2. The van der Waals surface area contributed by atoms with E-state index in [1.165, 1.54) is 12.1 Å². The van der Waals surface area contributed by atoms with Crippen molar-refractivity contribution in [2.45, 2.75) is 31.9 Å². The van der Waals surface area contributed by atoms with Gasteiger partial charge in [0, 0.05) is 19.6 Å². The van der Waals surface area contributed by atoms with Gasteiger partial charge >= 0.3 is 0 Å². The van der Waals surface area contributed by atoms with Crippen molar-refractivity contribution in [3.63, 3.8) is 0 Å². The number of hydrogen-bond donors (Lipinski definition) is 0. The first-order valence-electron chi connectivity index (χ1n) is 7.81. The van der Waals surface area contributed by atoms with Crippen LogP contribution < -0.4 is 0 Å². The van der Waals surface area contributed by atoms with Gasteiger partial charge in [-0.05, 0) is 43.0 Å². The summed E-state index contributed by atoms with van der Waals surface area (Å²) in [7, 11) is 0. The molecule has 3 rings (SSSR count). The van der Waals surface area contributed by atoms with E-state index in [1.54, 1.807) is 17.9 Å². The summed E-state index contributed by atoms with van der Waals surface area (Å²) in [5, 5.41) is 0.